The molecule has 0 aliphatic heterocycles. The van der Waals surface area contributed by atoms with Crippen molar-refractivity contribution in [2.75, 3.05) is 13.7 Å². The zero-order chi connectivity index (χ0) is 28.3. The molecule has 5 rings (SSSR count). The summed E-state index contributed by atoms with van der Waals surface area (Å²) in [6, 6.07) is 5.09. The summed E-state index contributed by atoms with van der Waals surface area (Å²) in [4.78, 5) is 27.5. The zero-order valence-electron chi connectivity index (χ0n) is 22.9. The van der Waals surface area contributed by atoms with Crippen molar-refractivity contribution in [2.45, 2.75) is 77.5 Å². The van der Waals surface area contributed by atoms with E-state index >= 15 is 0 Å². The van der Waals surface area contributed by atoms with Crippen LogP contribution in [0.2, 0.25) is 10.2 Å². The summed E-state index contributed by atoms with van der Waals surface area (Å²) in [6.07, 6.45) is 4.47. The van der Waals surface area contributed by atoms with Crippen molar-refractivity contribution in [3.8, 4) is 5.75 Å². The Balaban J connectivity index is 1.39. The predicted octanol–water partition coefficient (Wildman–Crippen LogP) is 6.01. The Morgan fingerprint density at radius 3 is 2.41 bits per heavy atom. The van der Waals surface area contributed by atoms with Crippen molar-refractivity contribution in [2.24, 2.45) is 22.7 Å². The molecule has 2 N–H and O–H groups in total. The Morgan fingerprint density at radius 2 is 1.82 bits per heavy atom. The molecule has 10 heteroatoms. The van der Waals surface area contributed by atoms with Gasteiger partial charge >= 0.3 is 5.97 Å². The summed E-state index contributed by atoms with van der Waals surface area (Å²) in [5.74, 6) is 0.508. The summed E-state index contributed by atoms with van der Waals surface area (Å²) in [7, 11) is 1.52. The lowest BCUT2D eigenvalue weighted by molar-refractivity contribution is -0.150. The Hall–Kier alpha value is -2.29. The Labute approximate surface area is 239 Å². The van der Waals surface area contributed by atoms with Crippen molar-refractivity contribution in [3.05, 3.63) is 45.7 Å². The molecule has 212 valence electrons. The van der Waals surface area contributed by atoms with E-state index in [2.05, 4.69) is 18.9 Å². The summed E-state index contributed by atoms with van der Waals surface area (Å²) in [5.41, 5.74) is 0.275. The van der Waals surface area contributed by atoms with Gasteiger partial charge in [-0.25, -0.2) is 0 Å². The molecule has 1 heterocycles. The topological polar surface area (TPSA) is 105 Å². The van der Waals surface area contributed by atoms with Crippen LogP contribution in [0, 0.1) is 22.7 Å². The highest BCUT2D eigenvalue weighted by Crippen LogP contribution is 2.67. The first kappa shape index (κ1) is 28.2. The Bertz CT molecular complexity index is 1260. The molecule has 0 saturated heterocycles. The van der Waals surface area contributed by atoms with Crippen LogP contribution < -0.4 is 4.74 Å². The van der Waals surface area contributed by atoms with Crippen molar-refractivity contribution in [3.63, 3.8) is 0 Å². The van der Waals surface area contributed by atoms with Gasteiger partial charge in [0.15, 0.2) is 0 Å². The number of carbonyl (C=O) groups is 2. The molecule has 0 spiro atoms. The molecule has 3 fully saturated rings. The molecular formula is C29H37Cl2N3O5. The first-order valence-corrected chi connectivity index (χ1v) is 14.4. The van der Waals surface area contributed by atoms with E-state index in [-0.39, 0.29) is 35.1 Å². The van der Waals surface area contributed by atoms with E-state index < -0.39 is 17.5 Å². The van der Waals surface area contributed by atoms with Crippen LogP contribution in [0.4, 0.5) is 0 Å². The highest BCUT2D eigenvalue weighted by atomic mass is 35.5. The molecule has 3 aliphatic carbocycles. The van der Waals surface area contributed by atoms with E-state index in [9.17, 15) is 19.8 Å². The summed E-state index contributed by atoms with van der Waals surface area (Å²) < 4.78 is 7.11. The maximum atomic E-state index is 14.1. The van der Waals surface area contributed by atoms with Gasteiger partial charge in [-0.1, -0.05) is 43.1 Å². The summed E-state index contributed by atoms with van der Waals surface area (Å²) >= 11 is 13.2. The second-order valence-corrected chi connectivity index (χ2v) is 13.1. The van der Waals surface area contributed by atoms with Crippen molar-refractivity contribution >= 4 is 35.1 Å². The van der Waals surface area contributed by atoms with Gasteiger partial charge in [0.25, 0.3) is 5.91 Å². The van der Waals surface area contributed by atoms with Crippen LogP contribution in [0.15, 0.2) is 24.4 Å². The van der Waals surface area contributed by atoms with Crippen molar-refractivity contribution in [1.82, 2.24) is 14.7 Å². The van der Waals surface area contributed by atoms with Crippen LogP contribution in [0.1, 0.15) is 87.4 Å². The number of hydrogen-bond donors (Lipinski definition) is 2. The minimum absolute atomic E-state index is 0.0333. The third-order valence-electron chi connectivity index (χ3n) is 9.86. The number of hydrogen-bond acceptors (Lipinski definition) is 5. The minimum atomic E-state index is -1.05. The van der Waals surface area contributed by atoms with Crippen LogP contribution >= 0.6 is 23.2 Å². The van der Waals surface area contributed by atoms with E-state index in [1.807, 2.05) is 0 Å². The number of rotatable bonds is 8. The summed E-state index contributed by atoms with van der Waals surface area (Å²) in [5, 5.41) is 26.0. The number of amides is 1. The SMILES string of the molecule is COc1cccc(Cl)c1[C@H](O)CN(C(=O)c1cnn(C2CCC(C)(C(=O)O)CC2)c1Cl)C1C[C@@H]2[C@H](C1)C2(C)C. The lowest BCUT2D eigenvalue weighted by Gasteiger charge is -2.34. The number of carboxylic acid groups (broad SMARTS) is 1. The highest BCUT2D eigenvalue weighted by Gasteiger charge is 2.63. The lowest BCUT2D eigenvalue weighted by Crippen LogP contribution is -2.43. The molecule has 0 bridgehead atoms. The number of carboxylic acids is 1. The van der Waals surface area contributed by atoms with E-state index in [0.29, 0.717) is 59.4 Å². The number of carbonyl (C=O) groups excluding carboxylic acids is 1. The van der Waals surface area contributed by atoms with Gasteiger partial charge in [0.1, 0.15) is 17.0 Å². The number of ether oxygens (including phenoxy) is 1. The summed E-state index contributed by atoms with van der Waals surface area (Å²) in [6.45, 7) is 6.37. The fourth-order valence-corrected chi connectivity index (χ4v) is 7.63. The highest BCUT2D eigenvalue weighted by molar-refractivity contribution is 6.33. The van der Waals surface area contributed by atoms with Gasteiger partial charge in [0, 0.05) is 11.6 Å². The minimum Gasteiger partial charge on any atom is -0.496 e. The Kier molecular flexibility index (Phi) is 7.44. The largest absolute Gasteiger partial charge is 0.496 e. The van der Waals surface area contributed by atoms with E-state index in [4.69, 9.17) is 27.9 Å². The molecule has 4 atom stereocenters. The average Bonchev–Trinajstić information content (AvgIpc) is 3.27. The monoisotopic (exact) mass is 577 g/mol. The van der Waals surface area contributed by atoms with Crippen LogP contribution in [0.3, 0.4) is 0 Å². The molecule has 39 heavy (non-hydrogen) atoms. The Morgan fingerprint density at radius 1 is 1.18 bits per heavy atom. The number of fused-ring (bicyclic) bond motifs is 1. The smallest absolute Gasteiger partial charge is 0.309 e. The first-order valence-electron chi connectivity index (χ1n) is 13.7. The van der Waals surface area contributed by atoms with Crippen LogP contribution in [-0.4, -0.2) is 56.5 Å². The number of halogens is 2. The first-order chi connectivity index (χ1) is 18.4. The van der Waals surface area contributed by atoms with Gasteiger partial charge < -0.3 is 19.8 Å². The van der Waals surface area contributed by atoms with Crippen LogP contribution in [0.25, 0.3) is 0 Å². The van der Waals surface area contributed by atoms with E-state index in [1.165, 1.54) is 13.3 Å². The van der Waals surface area contributed by atoms with Gasteiger partial charge in [-0.15, -0.1) is 0 Å². The van der Waals surface area contributed by atoms with E-state index in [0.717, 1.165) is 12.8 Å². The van der Waals surface area contributed by atoms with E-state index in [1.54, 1.807) is 34.7 Å². The molecule has 3 saturated carbocycles. The van der Waals surface area contributed by atoms with Gasteiger partial charge in [-0.2, -0.15) is 5.10 Å². The average molecular weight is 579 g/mol. The van der Waals surface area contributed by atoms with Gasteiger partial charge in [-0.05, 0) is 74.8 Å². The third kappa shape index (κ3) is 4.93. The molecule has 1 aromatic carbocycles. The number of aliphatic carboxylic acids is 1. The van der Waals surface area contributed by atoms with Crippen LogP contribution in [-0.2, 0) is 4.79 Å². The number of aromatic nitrogens is 2. The standard InChI is InChI=1S/C29H37Cl2N3O5/c1-28(2)19-12-17(13-20(19)28)33(15-22(35)24-21(30)6-5-7-23(24)39-4)26(36)18-14-32-34(25(18)31)16-8-10-29(3,11-9-16)27(37)38/h5-7,14,16-17,19-20,22,35H,8-13,15H2,1-4H3,(H,37,38)/t16?,17?,19-,20+,22-,29?/m1/s1. The van der Waals surface area contributed by atoms with Crippen molar-refractivity contribution < 1.29 is 24.5 Å². The fourth-order valence-electron chi connectivity index (χ4n) is 7.02. The second kappa shape index (κ2) is 10.3. The van der Waals surface area contributed by atoms with Gasteiger partial charge in [0.05, 0.1) is 41.9 Å². The second-order valence-electron chi connectivity index (χ2n) is 12.4. The molecule has 0 radical (unpaired) electrons. The number of methoxy groups -OCH3 is 1. The maximum Gasteiger partial charge on any atom is 0.309 e. The predicted molar refractivity (Wildman–Crippen MR) is 148 cm³/mol. The number of aliphatic hydroxyl groups excluding tert-OH is 1. The normalized spacial score (nSPS) is 29.9. The quantitative estimate of drug-likeness (QED) is 0.397. The lowest BCUT2D eigenvalue weighted by atomic mass is 9.74. The maximum absolute atomic E-state index is 14.1. The van der Waals surface area contributed by atoms with Gasteiger partial charge in [0.2, 0.25) is 0 Å². The molecule has 1 unspecified atom stereocenters. The molecule has 1 aromatic heterocycles. The number of aliphatic hydroxyl groups is 1. The number of benzene rings is 1. The molecular weight excluding hydrogens is 541 g/mol. The van der Waals surface area contributed by atoms with Gasteiger partial charge in [-0.3, -0.25) is 14.3 Å². The van der Waals surface area contributed by atoms with Crippen molar-refractivity contribution in [1.29, 1.82) is 0 Å². The molecule has 1 amide bonds. The molecule has 2 aromatic rings. The fraction of sp³-hybridized carbons (Fsp3) is 0.621. The molecule has 3 aliphatic rings. The third-order valence-corrected chi connectivity index (χ3v) is 10.6. The molecule has 8 nitrogen and oxygen atoms in total. The van der Waals surface area contributed by atoms with Crippen LogP contribution in [0.5, 0.6) is 5.75 Å². The zero-order valence-corrected chi connectivity index (χ0v) is 24.4. The number of nitrogens with zero attached hydrogens (tertiary/aromatic N) is 3.